The summed E-state index contributed by atoms with van der Waals surface area (Å²) in [6.07, 6.45) is 0.811. The van der Waals surface area contributed by atoms with Gasteiger partial charge in [0.25, 0.3) is 0 Å². The number of ether oxygens (including phenoxy) is 2. The predicted molar refractivity (Wildman–Crippen MR) is 64.7 cm³/mol. The second-order valence-electron chi connectivity index (χ2n) is 4.71. The number of fused-ring (bicyclic) bond motifs is 1. The number of hydrogen-bond donors (Lipinski definition) is 2. The number of hydrogen-bond acceptors (Lipinski definition) is 4. The summed E-state index contributed by atoms with van der Waals surface area (Å²) >= 11 is 0. The second kappa shape index (κ2) is 4.82. The average molecular weight is 248 g/mol. The molecule has 0 bridgehead atoms. The van der Waals surface area contributed by atoms with E-state index in [4.69, 9.17) is 9.47 Å². The molecule has 4 nitrogen and oxygen atoms in total. The molecule has 1 aromatic rings. The predicted octanol–water partition coefficient (Wildman–Crippen LogP) is 1.01. The smallest absolute Gasteiger partial charge is 0.184 e. The van der Waals surface area contributed by atoms with Gasteiger partial charge in [0, 0.05) is 11.5 Å². The van der Waals surface area contributed by atoms with Gasteiger partial charge in [-0.1, -0.05) is 42.5 Å². The molecule has 1 aliphatic carbocycles. The third kappa shape index (κ3) is 2.08. The molecule has 2 N–H and O–H groups in total. The zero-order chi connectivity index (χ0) is 12.5. The largest absolute Gasteiger partial charge is 0.387 e. The second-order valence-corrected chi connectivity index (χ2v) is 4.71. The van der Waals surface area contributed by atoms with Crippen molar-refractivity contribution in [2.24, 2.45) is 5.92 Å². The monoisotopic (exact) mass is 248 g/mol. The van der Waals surface area contributed by atoms with Gasteiger partial charge in [-0.05, 0) is 0 Å². The van der Waals surface area contributed by atoms with E-state index in [1.54, 1.807) is 6.08 Å². The lowest BCUT2D eigenvalue weighted by atomic mass is 9.88. The van der Waals surface area contributed by atoms with Crippen molar-refractivity contribution in [3.8, 4) is 0 Å². The number of aliphatic hydroxyl groups excluding tert-OH is 2. The molecule has 0 spiro atoms. The maximum atomic E-state index is 9.96. The van der Waals surface area contributed by atoms with Gasteiger partial charge in [0.05, 0.1) is 12.7 Å². The molecule has 1 saturated heterocycles. The van der Waals surface area contributed by atoms with E-state index < -0.39 is 24.6 Å². The Morgan fingerprint density at radius 2 is 1.83 bits per heavy atom. The summed E-state index contributed by atoms with van der Waals surface area (Å²) in [6.45, 7) is 0.491. The summed E-state index contributed by atoms with van der Waals surface area (Å²) in [4.78, 5) is 0. The molecule has 96 valence electrons. The highest BCUT2D eigenvalue weighted by Crippen LogP contribution is 2.34. The summed E-state index contributed by atoms with van der Waals surface area (Å²) in [7, 11) is 0. The molecule has 0 aromatic heterocycles. The molecule has 1 fully saturated rings. The van der Waals surface area contributed by atoms with Crippen LogP contribution in [0.2, 0.25) is 0 Å². The maximum Gasteiger partial charge on any atom is 0.184 e. The van der Waals surface area contributed by atoms with Gasteiger partial charge in [0.2, 0.25) is 0 Å². The first-order chi connectivity index (χ1) is 8.75. The fourth-order valence-electron chi connectivity index (χ4n) is 2.42. The van der Waals surface area contributed by atoms with Crippen LogP contribution < -0.4 is 0 Å². The first-order valence-electron chi connectivity index (χ1n) is 6.12. The summed E-state index contributed by atoms with van der Waals surface area (Å²) in [5.74, 6) is 0.00311. The Balaban J connectivity index is 1.78. The number of aliphatic hydroxyl groups is 2. The van der Waals surface area contributed by atoms with Crippen LogP contribution in [-0.4, -0.2) is 35.1 Å². The minimum Gasteiger partial charge on any atom is -0.387 e. The van der Waals surface area contributed by atoms with E-state index in [-0.39, 0.29) is 5.92 Å². The molecular formula is C14H16O4. The fraction of sp³-hybridized carbons (Fsp3) is 0.429. The van der Waals surface area contributed by atoms with Crippen molar-refractivity contribution in [1.82, 2.24) is 0 Å². The van der Waals surface area contributed by atoms with E-state index in [0.717, 1.165) is 5.56 Å². The van der Waals surface area contributed by atoms with Crippen molar-refractivity contribution in [2.75, 3.05) is 6.61 Å². The Labute approximate surface area is 105 Å². The Morgan fingerprint density at radius 1 is 1.06 bits per heavy atom. The van der Waals surface area contributed by atoms with Crippen molar-refractivity contribution in [3.05, 3.63) is 48.0 Å². The van der Waals surface area contributed by atoms with Crippen molar-refractivity contribution in [1.29, 1.82) is 0 Å². The first kappa shape index (κ1) is 11.9. The topological polar surface area (TPSA) is 58.9 Å². The maximum absolute atomic E-state index is 9.96. The van der Waals surface area contributed by atoms with Gasteiger partial charge in [0.1, 0.15) is 12.2 Å². The molecule has 1 aliphatic heterocycles. The molecule has 5 atom stereocenters. The van der Waals surface area contributed by atoms with Crippen LogP contribution in [-0.2, 0) is 9.47 Å². The van der Waals surface area contributed by atoms with Crippen molar-refractivity contribution in [3.63, 3.8) is 0 Å². The van der Waals surface area contributed by atoms with Gasteiger partial charge in [-0.2, -0.15) is 0 Å². The van der Waals surface area contributed by atoms with Gasteiger partial charge in [0.15, 0.2) is 6.29 Å². The number of benzene rings is 1. The van der Waals surface area contributed by atoms with Crippen LogP contribution in [0.15, 0.2) is 42.5 Å². The van der Waals surface area contributed by atoms with Crippen LogP contribution in [0.5, 0.6) is 0 Å². The third-order valence-corrected chi connectivity index (χ3v) is 3.46. The Morgan fingerprint density at radius 3 is 2.61 bits per heavy atom. The first-order valence-corrected chi connectivity index (χ1v) is 6.12. The average Bonchev–Trinajstić information content (AvgIpc) is 2.44. The summed E-state index contributed by atoms with van der Waals surface area (Å²) in [5.41, 5.74) is 0.923. The lowest BCUT2D eigenvalue weighted by molar-refractivity contribution is -0.262. The molecule has 1 heterocycles. The third-order valence-electron chi connectivity index (χ3n) is 3.46. The van der Waals surface area contributed by atoms with Crippen LogP contribution in [0.3, 0.4) is 0 Å². The fourth-order valence-corrected chi connectivity index (χ4v) is 2.42. The Kier molecular flexibility index (Phi) is 3.18. The molecule has 1 unspecified atom stereocenters. The summed E-state index contributed by atoms with van der Waals surface area (Å²) in [6, 6.07) is 9.61. The molecular weight excluding hydrogens is 232 g/mol. The SMILES string of the molecule is O[C@@H]1[C@H]2OC(c3ccccc3)OC[C@@H]2C=C[C@H]1O. The van der Waals surface area contributed by atoms with E-state index in [2.05, 4.69) is 0 Å². The standard InChI is InChI=1S/C14H16O4/c15-11-7-6-10-8-17-14(18-13(10)12(11)16)9-4-2-1-3-5-9/h1-7,10-16H,8H2/t10-,11+,12-,13-,14?/m0/s1. The molecule has 0 amide bonds. The van der Waals surface area contributed by atoms with E-state index in [1.807, 2.05) is 36.4 Å². The summed E-state index contributed by atoms with van der Waals surface area (Å²) in [5, 5.41) is 19.6. The van der Waals surface area contributed by atoms with Gasteiger partial charge in [-0.3, -0.25) is 0 Å². The molecule has 0 saturated carbocycles. The van der Waals surface area contributed by atoms with E-state index in [9.17, 15) is 10.2 Å². The van der Waals surface area contributed by atoms with E-state index >= 15 is 0 Å². The minimum absolute atomic E-state index is 0.00311. The summed E-state index contributed by atoms with van der Waals surface area (Å²) < 4.78 is 11.4. The van der Waals surface area contributed by atoms with Gasteiger partial charge in [-0.25, -0.2) is 0 Å². The Hall–Kier alpha value is -1.20. The van der Waals surface area contributed by atoms with E-state index in [0.29, 0.717) is 6.61 Å². The van der Waals surface area contributed by atoms with Crippen molar-refractivity contribution < 1.29 is 19.7 Å². The van der Waals surface area contributed by atoms with Crippen LogP contribution in [0, 0.1) is 5.92 Å². The van der Waals surface area contributed by atoms with Gasteiger partial charge >= 0.3 is 0 Å². The van der Waals surface area contributed by atoms with Crippen LogP contribution >= 0.6 is 0 Å². The van der Waals surface area contributed by atoms with E-state index in [1.165, 1.54) is 0 Å². The highest BCUT2D eigenvalue weighted by molar-refractivity contribution is 5.17. The lowest BCUT2D eigenvalue weighted by Gasteiger charge is -2.41. The van der Waals surface area contributed by atoms with Crippen LogP contribution in [0.4, 0.5) is 0 Å². The van der Waals surface area contributed by atoms with Crippen molar-refractivity contribution in [2.45, 2.75) is 24.6 Å². The quantitative estimate of drug-likeness (QED) is 0.728. The molecule has 1 aromatic carbocycles. The minimum atomic E-state index is -0.893. The molecule has 18 heavy (non-hydrogen) atoms. The zero-order valence-electron chi connectivity index (χ0n) is 9.85. The molecule has 4 heteroatoms. The lowest BCUT2D eigenvalue weighted by Crippen LogP contribution is -2.50. The molecule has 3 rings (SSSR count). The molecule has 2 aliphatic rings. The zero-order valence-corrected chi connectivity index (χ0v) is 9.85. The van der Waals surface area contributed by atoms with Gasteiger partial charge in [-0.15, -0.1) is 0 Å². The number of rotatable bonds is 1. The van der Waals surface area contributed by atoms with Gasteiger partial charge < -0.3 is 19.7 Å². The Bertz CT molecular complexity index is 431. The normalized spacial score (nSPS) is 39.3. The highest BCUT2D eigenvalue weighted by Gasteiger charge is 2.40. The van der Waals surface area contributed by atoms with Crippen LogP contribution in [0.25, 0.3) is 0 Å². The van der Waals surface area contributed by atoms with Crippen molar-refractivity contribution >= 4 is 0 Å². The molecule has 0 radical (unpaired) electrons. The van der Waals surface area contributed by atoms with Crippen LogP contribution in [0.1, 0.15) is 11.9 Å². The highest BCUT2D eigenvalue weighted by atomic mass is 16.7.